The average molecular weight is 233 g/mol. The third kappa shape index (κ3) is 1.37. The SMILES string of the molecule is O=C(O)c1c[nH]n2c(=O)c3c(nc12)CCCC3. The van der Waals surface area contributed by atoms with Crippen molar-refractivity contribution in [3.63, 3.8) is 0 Å². The van der Waals surface area contributed by atoms with Crippen molar-refractivity contribution in [1.82, 2.24) is 14.6 Å². The second-order valence-electron chi connectivity index (χ2n) is 4.20. The number of hydrogen-bond donors (Lipinski definition) is 2. The van der Waals surface area contributed by atoms with Crippen molar-refractivity contribution in [1.29, 1.82) is 0 Å². The van der Waals surface area contributed by atoms with Crippen LogP contribution in [0, 0.1) is 0 Å². The van der Waals surface area contributed by atoms with Crippen LogP contribution in [0.2, 0.25) is 0 Å². The minimum absolute atomic E-state index is 0.0375. The first-order chi connectivity index (χ1) is 8.18. The number of nitrogens with zero attached hydrogens (tertiary/aromatic N) is 2. The van der Waals surface area contributed by atoms with E-state index in [2.05, 4.69) is 10.1 Å². The number of aromatic nitrogens is 3. The van der Waals surface area contributed by atoms with Crippen LogP contribution < -0.4 is 5.56 Å². The standard InChI is InChI=1S/C11H11N3O3/c15-10-6-3-1-2-4-8(6)13-9-7(11(16)17)5-12-14(9)10/h5,12H,1-4H2,(H,16,17). The summed E-state index contributed by atoms with van der Waals surface area (Å²) in [6.07, 6.45) is 4.78. The molecule has 2 heterocycles. The van der Waals surface area contributed by atoms with Crippen LogP contribution in [0.25, 0.3) is 5.65 Å². The molecule has 3 rings (SSSR count). The quantitative estimate of drug-likeness (QED) is 0.755. The van der Waals surface area contributed by atoms with E-state index in [0.717, 1.165) is 31.4 Å². The fourth-order valence-electron chi connectivity index (χ4n) is 2.30. The van der Waals surface area contributed by atoms with Gasteiger partial charge in [-0.1, -0.05) is 0 Å². The Bertz CT molecular complexity index is 668. The Morgan fingerprint density at radius 2 is 2.18 bits per heavy atom. The van der Waals surface area contributed by atoms with Gasteiger partial charge in [0.05, 0.1) is 5.69 Å². The number of carbonyl (C=O) groups is 1. The Morgan fingerprint density at radius 3 is 2.94 bits per heavy atom. The molecule has 88 valence electrons. The number of carboxylic acid groups (broad SMARTS) is 1. The van der Waals surface area contributed by atoms with Crippen LogP contribution >= 0.6 is 0 Å². The molecular formula is C11H11N3O3. The maximum Gasteiger partial charge on any atom is 0.341 e. The van der Waals surface area contributed by atoms with Gasteiger partial charge in [0.25, 0.3) is 5.56 Å². The van der Waals surface area contributed by atoms with Gasteiger partial charge in [-0.15, -0.1) is 0 Å². The first-order valence-electron chi connectivity index (χ1n) is 5.53. The maximum absolute atomic E-state index is 12.1. The number of aromatic amines is 1. The molecule has 0 spiro atoms. The Kier molecular flexibility index (Phi) is 2.04. The van der Waals surface area contributed by atoms with Crippen molar-refractivity contribution in [2.75, 3.05) is 0 Å². The molecule has 0 fully saturated rings. The van der Waals surface area contributed by atoms with Gasteiger partial charge < -0.3 is 5.11 Å². The lowest BCUT2D eigenvalue weighted by Crippen LogP contribution is -2.25. The largest absolute Gasteiger partial charge is 0.477 e. The molecule has 2 N–H and O–H groups in total. The zero-order chi connectivity index (χ0) is 12.0. The van der Waals surface area contributed by atoms with Crippen molar-refractivity contribution < 1.29 is 9.90 Å². The van der Waals surface area contributed by atoms with E-state index in [4.69, 9.17) is 5.11 Å². The van der Waals surface area contributed by atoms with Crippen molar-refractivity contribution in [2.24, 2.45) is 0 Å². The summed E-state index contributed by atoms with van der Waals surface area (Å²) in [4.78, 5) is 27.4. The number of H-pyrrole nitrogens is 1. The van der Waals surface area contributed by atoms with E-state index in [0.29, 0.717) is 5.56 Å². The Hall–Kier alpha value is -2.11. The molecule has 2 aromatic rings. The number of fused-ring (bicyclic) bond motifs is 2. The Morgan fingerprint density at radius 1 is 1.41 bits per heavy atom. The third-order valence-electron chi connectivity index (χ3n) is 3.16. The molecule has 0 unspecified atom stereocenters. The van der Waals surface area contributed by atoms with E-state index in [1.165, 1.54) is 10.7 Å². The van der Waals surface area contributed by atoms with Crippen LogP contribution in [0.15, 0.2) is 11.0 Å². The lowest BCUT2D eigenvalue weighted by atomic mass is 9.97. The number of rotatable bonds is 1. The third-order valence-corrected chi connectivity index (χ3v) is 3.16. The van der Waals surface area contributed by atoms with Gasteiger partial charge in [-0.05, 0) is 25.7 Å². The van der Waals surface area contributed by atoms with E-state index in [9.17, 15) is 9.59 Å². The summed E-state index contributed by atoms with van der Waals surface area (Å²) < 4.78 is 1.22. The lowest BCUT2D eigenvalue weighted by Gasteiger charge is -2.13. The van der Waals surface area contributed by atoms with Gasteiger partial charge in [0.15, 0.2) is 5.65 Å². The molecule has 0 saturated carbocycles. The molecule has 17 heavy (non-hydrogen) atoms. The van der Waals surface area contributed by atoms with Crippen molar-refractivity contribution in [3.8, 4) is 0 Å². The molecule has 0 atom stereocenters. The first-order valence-corrected chi connectivity index (χ1v) is 5.53. The zero-order valence-corrected chi connectivity index (χ0v) is 9.06. The average Bonchev–Trinajstić information content (AvgIpc) is 2.73. The highest BCUT2D eigenvalue weighted by atomic mass is 16.4. The van der Waals surface area contributed by atoms with E-state index in [1.807, 2.05) is 0 Å². The molecule has 1 aliphatic rings. The highest BCUT2D eigenvalue weighted by molar-refractivity contribution is 5.94. The molecule has 0 aliphatic heterocycles. The number of nitrogens with one attached hydrogen (secondary N) is 1. The topological polar surface area (TPSA) is 87.5 Å². The van der Waals surface area contributed by atoms with Gasteiger partial charge in [0.1, 0.15) is 5.56 Å². The number of aromatic carboxylic acids is 1. The van der Waals surface area contributed by atoms with Gasteiger partial charge >= 0.3 is 5.97 Å². The smallest absolute Gasteiger partial charge is 0.341 e. The van der Waals surface area contributed by atoms with Crippen molar-refractivity contribution >= 4 is 11.6 Å². The minimum atomic E-state index is -1.08. The molecule has 2 aromatic heterocycles. The molecule has 0 bridgehead atoms. The highest BCUT2D eigenvalue weighted by Crippen LogP contribution is 2.18. The van der Waals surface area contributed by atoms with E-state index >= 15 is 0 Å². The summed E-state index contributed by atoms with van der Waals surface area (Å²) in [5.74, 6) is -1.08. The fraction of sp³-hybridized carbons (Fsp3) is 0.364. The van der Waals surface area contributed by atoms with Crippen molar-refractivity contribution in [2.45, 2.75) is 25.7 Å². The number of carboxylic acids is 1. The predicted octanol–water partition coefficient (Wildman–Crippen LogP) is 0.600. The van der Waals surface area contributed by atoms with Crippen LogP contribution in [0.1, 0.15) is 34.5 Å². The second-order valence-corrected chi connectivity index (χ2v) is 4.20. The summed E-state index contributed by atoms with van der Waals surface area (Å²) >= 11 is 0. The molecule has 0 radical (unpaired) electrons. The summed E-state index contributed by atoms with van der Waals surface area (Å²) in [5.41, 5.74) is 1.55. The van der Waals surface area contributed by atoms with Gasteiger partial charge in [0, 0.05) is 11.8 Å². The van der Waals surface area contributed by atoms with Crippen molar-refractivity contribution in [3.05, 3.63) is 33.4 Å². The Balaban J connectivity index is 2.38. The predicted molar refractivity (Wildman–Crippen MR) is 59.4 cm³/mol. The highest BCUT2D eigenvalue weighted by Gasteiger charge is 2.20. The zero-order valence-electron chi connectivity index (χ0n) is 9.06. The van der Waals surface area contributed by atoms with E-state index < -0.39 is 5.97 Å². The van der Waals surface area contributed by atoms with E-state index in [1.54, 1.807) is 0 Å². The molecule has 6 heteroatoms. The van der Waals surface area contributed by atoms with Gasteiger partial charge in [0.2, 0.25) is 0 Å². The summed E-state index contributed by atoms with van der Waals surface area (Å²) in [5, 5.41) is 11.6. The van der Waals surface area contributed by atoms with Crippen LogP contribution in [0.3, 0.4) is 0 Å². The van der Waals surface area contributed by atoms with Crippen LogP contribution in [-0.4, -0.2) is 25.7 Å². The summed E-state index contributed by atoms with van der Waals surface area (Å²) in [6, 6.07) is 0. The van der Waals surface area contributed by atoms with Gasteiger partial charge in [-0.25, -0.2) is 14.3 Å². The van der Waals surface area contributed by atoms with E-state index in [-0.39, 0.29) is 16.8 Å². The molecule has 0 aromatic carbocycles. The van der Waals surface area contributed by atoms with Crippen LogP contribution in [0.4, 0.5) is 0 Å². The van der Waals surface area contributed by atoms with Gasteiger partial charge in [-0.3, -0.25) is 9.89 Å². The van der Waals surface area contributed by atoms with Gasteiger partial charge in [-0.2, -0.15) is 0 Å². The lowest BCUT2D eigenvalue weighted by molar-refractivity contribution is 0.0698. The van der Waals surface area contributed by atoms with Crippen LogP contribution in [0.5, 0.6) is 0 Å². The summed E-state index contributed by atoms with van der Waals surface area (Å²) in [7, 11) is 0. The monoisotopic (exact) mass is 233 g/mol. The number of hydrogen-bond acceptors (Lipinski definition) is 3. The second kappa shape index (κ2) is 3.44. The minimum Gasteiger partial charge on any atom is -0.477 e. The molecule has 0 saturated heterocycles. The molecule has 6 nitrogen and oxygen atoms in total. The van der Waals surface area contributed by atoms with Crippen LogP contribution in [-0.2, 0) is 12.8 Å². The normalized spacial score (nSPS) is 14.8. The Labute approximate surface area is 95.9 Å². The molecule has 1 aliphatic carbocycles. The molecule has 0 amide bonds. The first kappa shape index (κ1) is 10.1. The maximum atomic E-state index is 12.1. The molecular weight excluding hydrogens is 222 g/mol. The fourth-order valence-corrected chi connectivity index (χ4v) is 2.30. The summed E-state index contributed by atoms with van der Waals surface area (Å²) in [6.45, 7) is 0. The number of aryl methyl sites for hydroxylation is 1.